The van der Waals surface area contributed by atoms with Gasteiger partial charge in [0, 0.05) is 6.92 Å². The van der Waals surface area contributed by atoms with Gasteiger partial charge in [0.25, 0.3) is 0 Å². The number of esters is 1. The minimum atomic E-state index is -2.22. The summed E-state index contributed by atoms with van der Waals surface area (Å²) in [6, 6.07) is 6.22. The van der Waals surface area contributed by atoms with E-state index in [1.807, 2.05) is 0 Å². The number of rotatable bonds is 5. The molecule has 1 rings (SSSR count). The highest BCUT2D eigenvalue weighted by atomic mass is 19.1. The second-order valence-corrected chi connectivity index (χ2v) is 3.36. The molecule has 5 nitrogen and oxygen atoms in total. The highest BCUT2D eigenvalue weighted by molar-refractivity contribution is 5.90. The third-order valence-corrected chi connectivity index (χ3v) is 1.90. The molecule has 0 aromatic heterocycles. The van der Waals surface area contributed by atoms with Crippen LogP contribution in [0.4, 0.5) is 10.1 Å². The van der Waals surface area contributed by atoms with Crippen molar-refractivity contribution >= 4 is 17.6 Å². The van der Waals surface area contributed by atoms with E-state index < -0.39 is 12.3 Å². The standard InChI is InChI=1S/C12H14FNO4/c1-3-17-12(16)11(13)18-10-7-5-4-6-9(10)14-8(2)15/h4-7,11H,3H2,1-2H3,(H,14,15). The molecule has 0 saturated heterocycles. The van der Waals surface area contributed by atoms with Crippen molar-refractivity contribution in [1.29, 1.82) is 0 Å². The Balaban J connectivity index is 2.77. The molecule has 0 aliphatic carbocycles. The number of halogens is 1. The van der Waals surface area contributed by atoms with Crippen molar-refractivity contribution in [3.05, 3.63) is 24.3 Å². The monoisotopic (exact) mass is 255 g/mol. The summed E-state index contributed by atoms with van der Waals surface area (Å²) in [6.45, 7) is 2.95. The average molecular weight is 255 g/mol. The van der Waals surface area contributed by atoms with Crippen molar-refractivity contribution in [2.75, 3.05) is 11.9 Å². The number of anilines is 1. The molecule has 0 aliphatic rings. The van der Waals surface area contributed by atoms with Gasteiger partial charge in [-0.3, -0.25) is 4.79 Å². The Labute approximate surface area is 104 Å². The number of carbonyl (C=O) groups is 2. The summed E-state index contributed by atoms with van der Waals surface area (Å²) in [7, 11) is 0. The zero-order valence-corrected chi connectivity index (χ0v) is 10.1. The second-order valence-electron chi connectivity index (χ2n) is 3.36. The fraction of sp³-hybridized carbons (Fsp3) is 0.333. The molecule has 1 unspecified atom stereocenters. The van der Waals surface area contributed by atoms with Crippen LogP contribution in [0.2, 0.25) is 0 Å². The van der Waals surface area contributed by atoms with E-state index >= 15 is 0 Å². The first-order valence-electron chi connectivity index (χ1n) is 5.38. The molecule has 0 heterocycles. The zero-order chi connectivity index (χ0) is 13.5. The van der Waals surface area contributed by atoms with Crippen molar-refractivity contribution < 1.29 is 23.5 Å². The number of para-hydroxylation sites is 2. The average Bonchev–Trinajstić information content (AvgIpc) is 2.31. The molecular formula is C12H14FNO4. The number of benzene rings is 1. The first-order valence-corrected chi connectivity index (χ1v) is 5.38. The summed E-state index contributed by atoms with van der Waals surface area (Å²) in [6.07, 6.45) is -2.22. The Bertz CT molecular complexity index is 436. The van der Waals surface area contributed by atoms with Gasteiger partial charge in [0.2, 0.25) is 5.91 Å². The zero-order valence-electron chi connectivity index (χ0n) is 10.1. The van der Waals surface area contributed by atoms with E-state index in [1.54, 1.807) is 19.1 Å². The molecule has 6 heteroatoms. The van der Waals surface area contributed by atoms with Crippen molar-refractivity contribution in [1.82, 2.24) is 0 Å². The predicted octanol–water partition coefficient (Wildman–Crippen LogP) is 1.88. The highest BCUT2D eigenvalue weighted by Gasteiger charge is 2.21. The van der Waals surface area contributed by atoms with Gasteiger partial charge in [-0.05, 0) is 19.1 Å². The quantitative estimate of drug-likeness (QED) is 0.816. The molecule has 18 heavy (non-hydrogen) atoms. The highest BCUT2D eigenvalue weighted by Crippen LogP contribution is 2.25. The molecule has 0 fully saturated rings. The number of ether oxygens (including phenoxy) is 2. The number of hydrogen-bond acceptors (Lipinski definition) is 4. The van der Waals surface area contributed by atoms with Crippen LogP contribution < -0.4 is 10.1 Å². The number of alkyl halides is 1. The largest absolute Gasteiger partial charge is 0.461 e. The molecule has 0 spiro atoms. The summed E-state index contributed by atoms with van der Waals surface area (Å²) in [5.41, 5.74) is 0.289. The topological polar surface area (TPSA) is 64.6 Å². The third kappa shape index (κ3) is 4.04. The van der Waals surface area contributed by atoms with Crippen LogP contribution in [0.15, 0.2) is 24.3 Å². The summed E-state index contributed by atoms with van der Waals surface area (Å²) in [5.74, 6) is -1.36. The second kappa shape index (κ2) is 6.58. The normalized spacial score (nSPS) is 11.5. The number of carbonyl (C=O) groups excluding carboxylic acids is 2. The molecule has 1 aromatic rings. The minimum absolute atomic E-state index is 0.0632. The molecule has 1 N–H and O–H groups in total. The maximum Gasteiger partial charge on any atom is 0.381 e. The SMILES string of the molecule is CCOC(=O)C(F)Oc1ccccc1NC(C)=O. The molecule has 1 atom stereocenters. The maximum absolute atomic E-state index is 13.4. The molecule has 0 aliphatic heterocycles. The molecular weight excluding hydrogens is 241 g/mol. The molecule has 1 aromatic carbocycles. The van der Waals surface area contributed by atoms with Crippen molar-refractivity contribution in [3.63, 3.8) is 0 Å². The van der Waals surface area contributed by atoms with Crippen molar-refractivity contribution in [2.24, 2.45) is 0 Å². The maximum atomic E-state index is 13.4. The first-order chi connectivity index (χ1) is 8.54. The van der Waals surface area contributed by atoms with Gasteiger partial charge in [-0.15, -0.1) is 0 Å². The van der Waals surface area contributed by atoms with Gasteiger partial charge >= 0.3 is 12.3 Å². The van der Waals surface area contributed by atoms with Gasteiger partial charge in [-0.2, -0.15) is 4.39 Å². The van der Waals surface area contributed by atoms with Crippen molar-refractivity contribution in [2.45, 2.75) is 20.2 Å². The molecule has 1 amide bonds. The van der Waals surface area contributed by atoms with E-state index in [4.69, 9.17) is 4.74 Å². The van der Waals surface area contributed by atoms with E-state index in [2.05, 4.69) is 10.1 Å². The van der Waals surface area contributed by atoms with Crippen LogP contribution in [0.25, 0.3) is 0 Å². The van der Waals surface area contributed by atoms with Gasteiger partial charge in [-0.25, -0.2) is 4.79 Å². The Kier molecular flexibility index (Phi) is 5.10. The van der Waals surface area contributed by atoms with Crippen LogP contribution in [0.5, 0.6) is 5.75 Å². The number of amides is 1. The first kappa shape index (κ1) is 14.0. The van der Waals surface area contributed by atoms with Gasteiger partial charge in [0.05, 0.1) is 12.3 Å². The van der Waals surface area contributed by atoms with Gasteiger partial charge in [-0.1, -0.05) is 12.1 Å². The summed E-state index contributed by atoms with van der Waals surface area (Å²) in [5, 5.41) is 2.47. The minimum Gasteiger partial charge on any atom is -0.461 e. The van der Waals surface area contributed by atoms with Gasteiger partial charge in [0.1, 0.15) is 5.75 Å². The van der Waals surface area contributed by atoms with Gasteiger partial charge in [0.15, 0.2) is 0 Å². The lowest BCUT2D eigenvalue weighted by molar-refractivity contribution is -0.159. The van der Waals surface area contributed by atoms with Crippen LogP contribution in [0.1, 0.15) is 13.8 Å². The summed E-state index contributed by atoms with van der Waals surface area (Å²) in [4.78, 5) is 22.0. The van der Waals surface area contributed by atoms with E-state index in [1.165, 1.54) is 19.1 Å². The Morgan fingerprint density at radius 3 is 2.67 bits per heavy atom. The number of nitrogens with one attached hydrogen (secondary N) is 1. The predicted molar refractivity (Wildman–Crippen MR) is 62.9 cm³/mol. The van der Waals surface area contributed by atoms with E-state index in [-0.39, 0.29) is 24.0 Å². The smallest absolute Gasteiger partial charge is 0.381 e. The lowest BCUT2D eigenvalue weighted by atomic mass is 10.3. The summed E-state index contributed by atoms with van der Waals surface area (Å²) < 4.78 is 22.7. The lowest BCUT2D eigenvalue weighted by Gasteiger charge is -2.13. The van der Waals surface area contributed by atoms with E-state index in [0.29, 0.717) is 0 Å². The Hall–Kier alpha value is -2.11. The van der Waals surface area contributed by atoms with Crippen LogP contribution in [0, 0.1) is 0 Å². The number of hydrogen-bond donors (Lipinski definition) is 1. The third-order valence-electron chi connectivity index (χ3n) is 1.90. The Morgan fingerprint density at radius 1 is 1.39 bits per heavy atom. The fourth-order valence-corrected chi connectivity index (χ4v) is 1.23. The van der Waals surface area contributed by atoms with Crippen LogP contribution in [-0.4, -0.2) is 24.8 Å². The van der Waals surface area contributed by atoms with Crippen LogP contribution >= 0.6 is 0 Å². The lowest BCUT2D eigenvalue weighted by Crippen LogP contribution is -2.25. The van der Waals surface area contributed by atoms with Crippen LogP contribution in [-0.2, 0) is 14.3 Å². The van der Waals surface area contributed by atoms with Crippen LogP contribution in [0.3, 0.4) is 0 Å². The van der Waals surface area contributed by atoms with E-state index in [0.717, 1.165) is 0 Å². The summed E-state index contributed by atoms with van der Waals surface area (Å²) >= 11 is 0. The molecule has 0 radical (unpaired) electrons. The molecule has 98 valence electrons. The molecule has 0 bridgehead atoms. The Morgan fingerprint density at radius 2 is 2.06 bits per heavy atom. The fourth-order valence-electron chi connectivity index (χ4n) is 1.23. The van der Waals surface area contributed by atoms with Gasteiger partial charge < -0.3 is 14.8 Å². The van der Waals surface area contributed by atoms with Crippen molar-refractivity contribution in [3.8, 4) is 5.75 Å². The molecule has 0 saturated carbocycles. The van der Waals surface area contributed by atoms with E-state index in [9.17, 15) is 14.0 Å².